The lowest BCUT2D eigenvalue weighted by Crippen LogP contribution is -2.31. The van der Waals surface area contributed by atoms with Crippen molar-refractivity contribution >= 4 is 22.5 Å². The highest BCUT2D eigenvalue weighted by molar-refractivity contribution is 5.71. The van der Waals surface area contributed by atoms with Gasteiger partial charge in [0.05, 0.1) is 24.3 Å². The summed E-state index contributed by atoms with van der Waals surface area (Å²) < 4.78 is 8.47. The van der Waals surface area contributed by atoms with Gasteiger partial charge < -0.3 is 14.6 Å². The summed E-state index contributed by atoms with van der Waals surface area (Å²) in [5.74, 6) is 0.972. The molecule has 2 heterocycles. The third kappa shape index (κ3) is 3.91. The highest BCUT2D eigenvalue weighted by Gasteiger charge is 2.18. The molecule has 2 N–H and O–H groups in total. The molecular formula is C19H24N6O5. The monoisotopic (exact) mass is 416 g/mol. The van der Waals surface area contributed by atoms with Gasteiger partial charge in [0.2, 0.25) is 0 Å². The number of nitrogens with one attached hydrogen (secondary N) is 2. The number of nitro groups is 1. The highest BCUT2D eigenvalue weighted by Crippen LogP contribution is 2.29. The number of imidazole rings is 1. The average Bonchev–Trinajstić information content (AvgIpc) is 3.10. The Morgan fingerprint density at radius 1 is 1.27 bits per heavy atom. The van der Waals surface area contributed by atoms with Crippen LogP contribution in [0.2, 0.25) is 0 Å². The van der Waals surface area contributed by atoms with E-state index in [2.05, 4.69) is 15.3 Å². The molecular weight excluding hydrogens is 392 g/mol. The van der Waals surface area contributed by atoms with E-state index in [1.807, 2.05) is 13.8 Å². The molecule has 30 heavy (non-hydrogen) atoms. The summed E-state index contributed by atoms with van der Waals surface area (Å²) in [5, 5.41) is 14.2. The number of non-ortho nitro benzene ring substituents is 1. The fourth-order valence-corrected chi connectivity index (χ4v) is 3.34. The Morgan fingerprint density at radius 2 is 2.03 bits per heavy atom. The smallest absolute Gasteiger partial charge is 0.330 e. The van der Waals surface area contributed by atoms with Crippen LogP contribution in [0.25, 0.3) is 11.2 Å². The number of ether oxygens (including phenoxy) is 1. The van der Waals surface area contributed by atoms with Gasteiger partial charge in [-0.05, 0) is 19.4 Å². The molecule has 0 saturated heterocycles. The zero-order chi connectivity index (χ0) is 21.8. The van der Waals surface area contributed by atoms with Gasteiger partial charge in [0.15, 0.2) is 11.2 Å². The molecule has 2 aromatic heterocycles. The molecule has 11 nitrogen and oxygen atoms in total. The van der Waals surface area contributed by atoms with E-state index in [0.29, 0.717) is 41.5 Å². The number of nitrogens with zero attached hydrogens (tertiary/aromatic N) is 4. The fraction of sp³-hybridized carbons (Fsp3) is 0.421. The van der Waals surface area contributed by atoms with Crippen molar-refractivity contribution in [1.29, 1.82) is 0 Å². The van der Waals surface area contributed by atoms with E-state index in [1.54, 1.807) is 4.57 Å². The number of fused-ring (bicyclic) bond motifs is 1. The quantitative estimate of drug-likeness (QED) is 0.403. The average molecular weight is 416 g/mol. The molecule has 3 rings (SSSR count). The van der Waals surface area contributed by atoms with Gasteiger partial charge in [-0.1, -0.05) is 13.3 Å². The molecule has 160 valence electrons. The predicted molar refractivity (Wildman–Crippen MR) is 112 cm³/mol. The molecule has 0 aliphatic heterocycles. The van der Waals surface area contributed by atoms with Crippen LogP contribution in [-0.2, 0) is 19.6 Å². The maximum Gasteiger partial charge on any atom is 0.330 e. The van der Waals surface area contributed by atoms with Crippen LogP contribution in [-0.4, -0.2) is 31.1 Å². The summed E-state index contributed by atoms with van der Waals surface area (Å²) in [6.07, 6.45) is 1.67. The fourth-order valence-electron chi connectivity index (χ4n) is 3.34. The van der Waals surface area contributed by atoms with Crippen molar-refractivity contribution in [1.82, 2.24) is 19.1 Å². The first-order valence-corrected chi connectivity index (χ1v) is 9.69. The van der Waals surface area contributed by atoms with Gasteiger partial charge in [-0.25, -0.2) is 9.78 Å². The largest absolute Gasteiger partial charge is 0.495 e. The zero-order valence-corrected chi connectivity index (χ0v) is 17.1. The second kappa shape index (κ2) is 8.80. The Labute approximate surface area is 171 Å². The number of methoxy groups -OCH3 is 1. The molecule has 0 unspecified atom stereocenters. The molecule has 3 aromatic rings. The third-order valence-electron chi connectivity index (χ3n) is 4.85. The van der Waals surface area contributed by atoms with Crippen molar-refractivity contribution in [3.8, 4) is 5.75 Å². The maximum absolute atomic E-state index is 12.5. The second-order valence-corrected chi connectivity index (χ2v) is 6.70. The highest BCUT2D eigenvalue weighted by atomic mass is 16.6. The van der Waals surface area contributed by atoms with Crippen LogP contribution in [0.5, 0.6) is 5.75 Å². The van der Waals surface area contributed by atoms with E-state index >= 15 is 0 Å². The number of nitro benzene ring substituents is 1. The molecule has 0 spiro atoms. The van der Waals surface area contributed by atoms with Crippen LogP contribution in [0.3, 0.4) is 0 Å². The molecule has 0 fully saturated rings. The summed E-state index contributed by atoms with van der Waals surface area (Å²) in [6, 6.07) is 4.25. The molecule has 0 saturated carbocycles. The summed E-state index contributed by atoms with van der Waals surface area (Å²) in [4.78, 5) is 42.3. The number of anilines is 1. The minimum absolute atomic E-state index is 0.0767. The molecule has 0 atom stereocenters. The Hall–Kier alpha value is -3.63. The lowest BCUT2D eigenvalue weighted by Gasteiger charge is -2.11. The van der Waals surface area contributed by atoms with Crippen molar-refractivity contribution in [3.63, 3.8) is 0 Å². The Balaban J connectivity index is 2.04. The lowest BCUT2D eigenvalue weighted by molar-refractivity contribution is -0.384. The maximum atomic E-state index is 12.5. The van der Waals surface area contributed by atoms with Gasteiger partial charge >= 0.3 is 5.69 Å². The predicted octanol–water partition coefficient (Wildman–Crippen LogP) is 2.24. The summed E-state index contributed by atoms with van der Waals surface area (Å²) in [5.41, 5.74) is 0.0431. The number of unbranched alkanes of at least 4 members (excludes halogenated alkanes) is 1. The topological polar surface area (TPSA) is 137 Å². The Bertz CT molecular complexity index is 1190. The van der Waals surface area contributed by atoms with Gasteiger partial charge in [-0.2, -0.15) is 0 Å². The molecule has 0 amide bonds. The molecule has 0 radical (unpaired) electrons. The van der Waals surface area contributed by atoms with Crippen LogP contribution in [0.4, 0.5) is 11.4 Å². The molecule has 1 aromatic carbocycles. The van der Waals surface area contributed by atoms with Gasteiger partial charge in [-0.15, -0.1) is 0 Å². The molecule has 0 bridgehead atoms. The zero-order valence-electron chi connectivity index (χ0n) is 17.1. The van der Waals surface area contributed by atoms with Crippen LogP contribution < -0.4 is 21.3 Å². The van der Waals surface area contributed by atoms with Crippen molar-refractivity contribution in [2.45, 2.75) is 46.3 Å². The van der Waals surface area contributed by atoms with E-state index in [1.165, 1.54) is 29.9 Å². The number of aromatic amines is 1. The van der Waals surface area contributed by atoms with E-state index in [9.17, 15) is 19.7 Å². The number of aryl methyl sites for hydroxylation is 2. The lowest BCUT2D eigenvalue weighted by atomic mass is 10.2. The first-order valence-electron chi connectivity index (χ1n) is 9.69. The van der Waals surface area contributed by atoms with Gasteiger partial charge in [0.25, 0.3) is 11.2 Å². The van der Waals surface area contributed by atoms with Crippen LogP contribution in [0.1, 0.15) is 32.5 Å². The molecule has 0 aliphatic carbocycles. The van der Waals surface area contributed by atoms with Crippen molar-refractivity contribution in [2.24, 2.45) is 0 Å². The molecule has 0 aliphatic rings. The minimum atomic E-state index is -0.490. The summed E-state index contributed by atoms with van der Waals surface area (Å²) in [7, 11) is 1.47. The number of hydrogen-bond donors (Lipinski definition) is 2. The SMILES string of the molecule is CCCCn1c(=O)[nH]c(=O)c2c1nc(CNc1cc([N+](=O)[O-])ccc1OC)n2CC. The van der Waals surface area contributed by atoms with Crippen molar-refractivity contribution in [2.75, 3.05) is 12.4 Å². The second-order valence-electron chi connectivity index (χ2n) is 6.70. The van der Waals surface area contributed by atoms with Crippen LogP contribution in [0.15, 0.2) is 27.8 Å². The Kier molecular flexibility index (Phi) is 6.19. The normalized spacial score (nSPS) is 11.0. The first kappa shape index (κ1) is 21.1. The van der Waals surface area contributed by atoms with E-state index in [-0.39, 0.29) is 12.2 Å². The minimum Gasteiger partial charge on any atom is -0.495 e. The van der Waals surface area contributed by atoms with Crippen molar-refractivity contribution in [3.05, 3.63) is 55.0 Å². The number of rotatable bonds is 9. The number of benzene rings is 1. The van der Waals surface area contributed by atoms with Gasteiger partial charge in [0.1, 0.15) is 11.6 Å². The summed E-state index contributed by atoms with van der Waals surface area (Å²) >= 11 is 0. The van der Waals surface area contributed by atoms with E-state index in [4.69, 9.17) is 4.74 Å². The Morgan fingerprint density at radius 3 is 2.67 bits per heavy atom. The van der Waals surface area contributed by atoms with Crippen LogP contribution >= 0.6 is 0 Å². The van der Waals surface area contributed by atoms with Gasteiger partial charge in [-0.3, -0.25) is 24.5 Å². The number of hydrogen-bond acceptors (Lipinski definition) is 7. The van der Waals surface area contributed by atoms with Crippen LogP contribution in [0, 0.1) is 10.1 Å². The van der Waals surface area contributed by atoms with Crippen molar-refractivity contribution < 1.29 is 9.66 Å². The summed E-state index contributed by atoms with van der Waals surface area (Å²) in [6.45, 7) is 4.99. The number of aromatic nitrogens is 4. The van der Waals surface area contributed by atoms with E-state index < -0.39 is 16.2 Å². The van der Waals surface area contributed by atoms with E-state index in [0.717, 1.165) is 12.8 Å². The van der Waals surface area contributed by atoms with Gasteiger partial charge in [0, 0.05) is 25.2 Å². The first-order chi connectivity index (χ1) is 14.4. The molecule has 11 heteroatoms. The number of H-pyrrole nitrogens is 1. The third-order valence-corrected chi connectivity index (χ3v) is 4.85. The standard InChI is InChI=1S/C19H24N6O5/c1-4-6-9-24-17-16(18(26)22-19(24)27)23(5-2)15(21-17)11-20-13-10-12(25(28)29)7-8-14(13)30-3/h7-8,10,20H,4-6,9,11H2,1-3H3,(H,22,26,27).